The van der Waals surface area contributed by atoms with Crippen LogP contribution in [0.15, 0.2) is 24.3 Å². The van der Waals surface area contributed by atoms with Gasteiger partial charge in [0.2, 0.25) is 0 Å². The molecule has 1 atom stereocenters. The Morgan fingerprint density at radius 3 is 2.58 bits per heavy atom. The van der Waals surface area contributed by atoms with E-state index in [1.165, 1.54) is 0 Å². The summed E-state index contributed by atoms with van der Waals surface area (Å²) in [6.07, 6.45) is 1.25. The molecule has 1 N–H and O–H groups in total. The van der Waals surface area contributed by atoms with Gasteiger partial charge in [0.1, 0.15) is 5.75 Å². The van der Waals surface area contributed by atoms with E-state index in [1.54, 1.807) is 0 Å². The first-order valence-corrected chi connectivity index (χ1v) is 7.04. The third kappa shape index (κ3) is 5.33. The molecule has 0 aromatic heterocycles. The van der Waals surface area contributed by atoms with Gasteiger partial charge in [-0.2, -0.15) is 0 Å². The van der Waals surface area contributed by atoms with Crippen LogP contribution < -0.4 is 10.1 Å². The Balaban J connectivity index is 2.53. The molecule has 1 unspecified atom stereocenters. The summed E-state index contributed by atoms with van der Waals surface area (Å²) in [5, 5.41) is 2.94. The summed E-state index contributed by atoms with van der Waals surface area (Å²) < 4.78 is 5.80. The highest BCUT2D eigenvalue weighted by atomic mass is 16.5. The molecule has 0 heterocycles. The first-order chi connectivity index (χ1) is 9.04. The van der Waals surface area contributed by atoms with Crippen molar-refractivity contribution in [2.24, 2.45) is 5.92 Å². The van der Waals surface area contributed by atoms with E-state index in [1.807, 2.05) is 38.1 Å². The number of hydrogen-bond donors (Lipinski definition) is 1. The summed E-state index contributed by atoms with van der Waals surface area (Å²) in [6.45, 7) is 8.95. The highest BCUT2D eigenvalue weighted by Crippen LogP contribution is 2.18. The van der Waals surface area contributed by atoms with Crippen LogP contribution >= 0.6 is 0 Å². The van der Waals surface area contributed by atoms with Crippen LogP contribution in [0.25, 0.3) is 0 Å². The molecule has 0 bridgehead atoms. The van der Waals surface area contributed by atoms with Gasteiger partial charge in [0, 0.05) is 6.54 Å². The average Bonchev–Trinajstić information content (AvgIpc) is 2.37. The second-order valence-corrected chi connectivity index (χ2v) is 5.25. The third-order valence-electron chi connectivity index (χ3n) is 3.05. The minimum atomic E-state index is -0.409. The Morgan fingerprint density at radius 2 is 2.00 bits per heavy atom. The lowest BCUT2D eigenvalue weighted by atomic mass is 10.1. The van der Waals surface area contributed by atoms with Crippen molar-refractivity contribution in [3.8, 4) is 5.75 Å². The molecule has 3 heteroatoms. The number of ether oxygens (including phenoxy) is 1. The van der Waals surface area contributed by atoms with Gasteiger partial charge in [-0.05, 0) is 37.3 Å². The predicted octanol–water partition coefficient (Wildman–Crippen LogP) is 3.31. The molecular formula is C16H25NO2. The maximum absolute atomic E-state index is 12.0. The van der Waals surface area contributed by atoms with Gasteiger partial charge in [-0.15, -0.1) is 0 Å². The number of benzene rings is 1. The lowest BCUT2D eigenvalue weighted by Gasteiger charge is -2.18. The highest BCUT2D eigenvalue weighted by molar-refractivity contribution is 5.81. The third-order valence-corrected chi connectivity index (χ3v) is 3.05. The van der Waals surface area contributed by atoms with E-state index in [0.717, 1.165) is 17.7 Å². The van der Waals surface area contributed by atoms with Crippen molar-refractivity contribution in [3.63, 3.8) is 0 Å². The van der Waals surface area contributed by atoms with Crippen molar-refractivity contribution < 1.29 is 9.53 Å². The predicted molar refractivity (Wildman–Crippen MR) is 78.4 cm³/mol. The summed E-state index contributed by atoms with van der Waals surface area (Å²) in [6, 6.07) is 7.77. The molecule has 1 rings (SSSR count). The van der Waals surface area contributed by atoms with Crippen molar-refractivity contribution >= 4 is 5.91 Å². The van der Waals surface area contributed by atoms with Crippen molar-refractivity contribution in [2.75, 3.05) is 6.54 Å². The zero-order valence-corrected chi connectivity index (χ0v) is 12.4. The molecule has 1 aromatic rings. The number of hydrogen-bond acceptors (Lipinski definition) is 2. The Kier molecular flexibility index (Phi) is 6.40. The minimum Gasteiger partial charge on any atom is -0.480 e. The van der Waals surface area contributed by atoms with Gasteiger partial charge in [-0.3, -0.25) is 4.79 Å². The highest BCUT2D eigenvalue weighted by Gasteiger charge is 2.18. The van der Waals surface area contributed by atoms with Crippen LogP contribution in [-0.4, -0.2) is 18.6 Å². The van der Waals surface area contributed by atoms with E-state index in [9.17, 15) is 4.79 Å². The standard InChI is InChI=1S/C16H25NO2/c1-5-14(16(18)17-11-10-12(2)3)19-15-9-7-6-8-13(15)4/h6-9,12,14H,5,10-11H2,1-4H3,(H,17,18). The number of aryl methyl sites for hydroxylation is 1. The molecule has 0 saturated carbocycles. The van der Waals surface area contributed by atoms with Crippen LogP contribution in [-0.2, 0) is 4.79 Å². The van der Waals surface area contributed by atoms with Crippen molar-refractivity contribution in [3.05, 3.63) is 29.8 Å². The van der Waals surface area contributed by atoms with E-state index in [2.05, 4.69) is 19.2 Å². The number of amides is 1. The quantitative estimate of drug-likeness (QED) is 0.819. The summed E-state index contributed by atoms with van der Waals surface area (Å²) in [4.78, 5) is 12.0. The molecule has 0 saturated heterocycles. The summed E-state index contributed by atoms with van der Waals surface area (Å²) in [7, 11) is 0. The lowest BCUT2D eigenvalue weighted by Crippen LogP contribution is -2.38. The number of nitrogens with one attached hydrogen (secondary N) is 1. The van der Waals surface area contributed by atoms with Crippen LogP contribution in [0.3, 0.4) is 0 Å². The molecule has 106 valence electrons. The molecule has 0 aliphatic carbocycles. The summed E-state index contributed by atoms with van der Waals surface area (Å²) in [5.41, 5.74) is 1.05. The molecular weight excluding hydrogens is 238 g/mol. The largest absolute Gasteiger partial charge is 0.480 e. The maximum Gasteiger partial charge on any atom is 0.261 e. The number of carbonyl (C=O) groups is 1. The van der Waals surface area contributed by atoms with Gasteiger partial charge in [0.05, 0.1) is 0 Å². The van der Waals surface area contributed by atoms with E-state index >= 15 is 0 Å². The minimum absolute atomic E-state index is 0.0218. The summed E-state index contributed by atoms with van der Waals surface area (Å²) in [5.74, 6) is 1.36. The molecule has 3 nitrogen and oxygen atoms in total. The molecule has 0 radical (unpaired) electrons. The Hall–Kier alpha value is -1.51. The number of rotatable bonds is 7. The number of para-hydroxylation sites is 1. The van der Waals surface area contributed by atoms with E-state index in [4.69, 9.17) is 4.74 Å². The van der Waals surface area contributed by atoms with Crippen molar-refractivity contribution in [2.45, 2.75) is 46.6 Å². The van der Waals surface area contributed by atoms with Crippen LogP contribution in [0.1, 0.15) is 39.2 Å². The molecule has 0 aliphatic rings. The monoisotopic (exact) mass is 263 g/mol. The molecule has 1 aromatic carbocycles. The normalized spacial score (nSPS) is 12.3. The average molecular weight is 263 g/mol. The molecule has 0 fully saturated rings. The van der Waals surface area contributed by atoms with Gasteiger partial charge < -0.3 is 10.1 Å². The van der Waals surface area contributed by atoms with Gasteiger partial charge in [0.25, 0.3) is 5.91 Å². The van der Waals surface area contributed by atoms with Gasteiger partial charge in [-0.1, -0.05) is 39.0 Å². The first kappa shape index (κ1) is 15.5. The Labute approximate surface area is 116 Å². The summed E-state index contributed by atoms with van der Waals surface area (Å²) >= 11 is 0. The fourth-order valence-corrected chi connectivity index (χ4v) is 1.76. The fraction of sp³-hybridized carbons (Fsp3) is 0.562. The SMILES string of the molecule is CCC(Oc1ccccc1C)C(=O)NCCC(C)C. The number of carbonyl (C=O) groups excluding carboxylic acids is 1. The smallest absolute Gasteiger partial charge is 0.261 e. The van der Waals surface area contributed by atoms with Gasteiger partial charge >= 0.3 is 0 Å². The zero-order valence-electron chi connectivity index (χ0n) is 12.4. The van der Waals surface area contributed by atoms with Crippen LogP contribution in [0.5, 0.6) is 5.75 Å². The molecule has 1 amide bonds. The van der Waals surface area contributed by atoms with Crippen molar-refractivity contribution in [1.82, 2.24) is 5.32 Å². The molecule has 19 heavy (non-hydrogen) atoms. The molecule has 0 aliphatic heterocycles. The van der Waals surface area contributed by atoms with Crippen LogP contribution in [0.2, 0.25) is 0 Å². The zero-order chi connectivity index (χ0) is 14.3. The fourth-order valence-electron chi connectivity index (χ4n) is 1.76. The Morgan fingerprint density at radius 1 is 1.32 bits per heavy atom. The van der Waals surface area contributed by atoms with Gasteiger partial charge in [0.15, 0.2) is 6.10 Å². The van der Waals surface area contributed by atoms with Gasteiger partial charge in [-0.25, -0.2) is 0 Å². The first-order valence-electron chi connectivity index (χ1n) is 7.04. The van der Waals surface area contributed by atoms with Crippen molar-refractivity contribution in [1.29, 1.82) is 0 Å². The van der Waals surface area contributed by atoms with E-state index in [0.29, 0.717) is 18.9 Å². The van der Waals surface area contributed by atoms with E-state index in [-0.39, 0.29) is 5.91 Å². The topological polar surface area (TPSA) is 38.3 Å². The van der Waals surface area contributed by atoms with Crippen LogP contribution in [0, 0.1) is 12.8 Å². The van der Waals surface area contributed by atoms with Crippen LogP contribution in [0.4, 0.5) is 0 Å². The molecule has 0 spiro atoms. The lowest BCUT2D eigenvalue weighted by molar-refractivity contribution is -0.128. The second-order valence-electron chi connectivity index (χ2n) is 5.25. The maximum atomic E-state index is 12.0. The van der Waals surface area contributed by atoms with E-state index < -0.39 is 6.10 Å². The Bertz CT molecular complexity index is 401. The second kappa shape index (κ2) is 7.82.